The van der Waals surface area contributed by atoms with Crippen molar-refractivity contribution in [3.63, 3.8) is 0 Å². The van der Waals surface area contributed by atoms with Gasteiger partial charge in [0, 0.05) is 27.2 Å². The fourth-order valence-electron chi connectivity index (χ4n) is 5.53. The highest BCUT2D eigenvalue weighted by Gasteiger charge is 2.13. The fourth-order valence-corrected chi connectivity index (χ4v) is 5.53. The van der Waals surface area contributed by atoms with E-state index in [-0.39, 0.29) is 29.7 Å². The molecule has 0 radical (unpaired) electrons. The van der Waals surface area contributed by atoms with Crippen LogP contribution in [0, 0.1) is 0 Å². The van der Waals surface area contributed by atoms with Gasteiger partial charge < -0.3 is 8.98 Å². The minimum Gasteiger partial charge on any atom is -0.456 e. The molecule has 2 heteroatoms. The number of furan rings is 1. The Kier molecular flexibility index (Phi) is 3.60. The molecule has 0 saturated heterocycles. The Hall–Kier alpha value is -5.08. The first-order chi connectivity index (χ1) is 20.9. The average molecular weight is 491 g/mol. The third kappa shape index (κ3) is 3.21. The first-order valence-corrected chi connectivity index (χ1v) is 12.5. The molecular formula is C36H23NO. The SMILES string of the molecule is [2H]c1c([2H])c([2H])c(-c2ccc3oc4ccc(-c5cccc(-n6c7ccccc7c7ccccc76)c5)cc4c3c2)c([2H])c1[2H]. The van der Waals surface area contributed by atoms with Gasteiger partial charge in [-0.3, -0.25) is 0 Å². The van der Waals surface area contributed by atoms with E-state index in [9.17, 15) is 0 Å². The summed E-state index contributed by atoms with van der Waals surface area (Å²) in [5.74, 6) is 0. The maximum Gasteiger partial charge on any atom is 0.135 e. The number of aromatic nitrogens is 1. The summed E-state index contributed by atoms with van der Waals surface area (Å²) in [6.07, 6.45) is 0. The van der Waals surface area contributed by atoms with Gasteiger partial charge in [0.2, 0.25) is 0 Å². The summed E-state index contributed by atoms with van der Waals surface area (Å²) in [4.78, 5) is 0. The number of benzene rings is 6. The van der Waals surface area contributed by atoms with Gasteiger partial charge in [-0.2, -0.15) is 0 Å². The number of fused-ring (bicyclic) bond motifs is 6. The van der Waals surface area contributed by atoms with E-state index in [4.69, 9.17) is 11.3 Å². The van der Waals surface area contributed by atoms with Crippen molar-refractivity contribution >= 4 is 43.7 Å². The van der Waals surface area contributed by atoms with E-state index in [0.717, 1.165) is 44.2 Å². The minimum absolute atomic E-state index is 0.178. The summed E-state index contributed by atoms with van der Waals surface area (Å²) in [6, 6.07) is 35.4. The van der Waals surface area contributed by atoms with E-state index in [0.29, 0.717) is 11.1 Å². The van der Waals surface area contributed by atoms with Gasteiger partial charge in [-0.15, -0.1) is 0 Å². The van der Waals surface area contributed by atoms with E-state index in [1.165, 1.54) is 10.8 Å². The summed E-state index contributed by atoms with van der Waals surface area (Å²) >= 11 is 0. The third-order valence-electron chi connectivity index (χ3n) is 7.28. The van der Waals surface area contributed by atoms with Gasteiger partial charge in [-0.25, -0.2) is 0 Å². The lowest BCUT2D eigenvalue weighted by Crippen LogP contribution is -1.94. The third-order valence-corrected chi connectivity index (χ3v) is 7.28. The van der Waals surface area contributed by atoms with Crippen molar-refractivity contribution in [1.82, 2.24) is 4.57 Å². The Morgan fingerprint density at radius 3 is 1.71 bits per heavy atom. The van der Waals surface area contributed by atoms with E-state index in [1.807, 2.05) is 18.2 Å². The van der Waals surface area contributed by atoms with Crippen LogP contribution in [-0.2, 0) is 0 Å². The second-order valence-electron chi connectivity index (χ2n) is 9.44. The quantitative estimate of drug-likeness (QED) is 0.241. The predicted octanol–water partition coefficient (Wildman–Crippen LogP) is 10.0. The van der Waals surface area contributed by atoms with Crippen LogP contribution in [0.1, 0.15) is 6.85 Å². The molecule has 0 fully saturated rings. The molecule has 8 aromatic rings. The summed E-state index contributed by atoms with van der Waals surface area (Å²) < 4.78 is 49.5. The summed E-state index contributed by atoms with van der Waals surface area (Å²) in [5, 5.41) is 4.14. The van der Waals surface area contributed by atoms with Crippen molar-refractivity contribution in [2.75, 3.05) is 0 Å². The van der Waals surface area contributed by atoms with Gasteiger partial charge >= 0.3 is 0 Å². The lowest BCUT2D eigenvalue weighted by Gasteiger charge is -2.10. The van der Waals surface area contributed by atoms with Crippen molar-refractivity contribution in [2.45, 2.75) is 0 Å². The van der Waals surface area contributed by atoms with Crippen molar-refractivity contribution in [3.05, 3.63) is 139 Å². The Labute approximate surface area is 227 Å². The Bertz CT molecular complexity index is 2340. The molecule has 0 bridgehead atoms. The molecule has 2 heterocycles. The fraction of sp³-hybridized carbons (Fsp3) is 0. The van der Waals surface area contributed by atoms with Crippen LogP contribution in [0.5, 0.6) is 0 Å². The van der Waals surface area contributed by atoms with Gasteiger partial charge in [-0.1, -0.05) is 90.9 Å². The molecule has 0 saturated carbocycles. The van der Waals surface area contributed by atoms with Gasteiger partial charge in [0.05, 0.1) is 17.9 Å². The van der Waals surface area contributed by atoms with E-state index >= 15 is 0 Å². The molecular weight excluding hydrogens is 462 g/mol. The summed E-state index contributed by atoms with van der Waals surface area (Å²) in [7, 11) is 0. The zero-order valence-electron chi connectivity index (χ0n) is 25.2. The average Bonchev–Trinajstić information content (AvgIpc) is 3.58. The maximum atomic E-state index is 8.44. The van der Waals surface area contributed by atoms with E-state index < -0.39 is 6.04 Å². The Balaban J connectivity index is 1.29. The van der Waals surface area contributed by atoms with Crippen LogP contribution < -0.4 is 0 Å². The molecule has 0 aliphatic carbocycles. The first kappa shape index (κ1) is 16.6. The molecule has 0 amide bonds. The molecule has 0 aliphatic heterocycles. The molecule has 2 nitrogen and oxygen atoms in total. The molecule has 178 valence electrons. The van der Waals surface area contributed by atoms with Crippen LogP contribution >= 0.6 is 0 Å². The normalized spacial score (nSPS) is 13.5. The van der Waals surface area contributed by atoms with Gasteiger partial charge in [0.15, 0.2) is 0 Å². The van der Waals surface area contributed by atoms with Crippen LogP contribution in [0.3, 0.4) is 0 Å². The molecule has 6 aromatic carbocycles. The number of para-hydroxylation sites is 2. The van der Waals surface area contributed by atoms with Crippen LogP contribution in [-0.4, -0.2) is 4.57 Å². The van der Waals surface area contributed by atoms with Crippen molar-refractivity contribution in [3.8, 4) is 27.9 Å². The lowest BCUT2D eigenvalue weighted by molar-refractivity contribution is 0.669. The largest absolute Gasteiger partial charge is 0.456 e. The van der Waals surface area contributed by atoms with E-state index in [2.05, 4.69) is 83.4 Å². The summed E-state index contributed by atoms with van der Waals surface area (Å²) in [6.45, 7) is 0. The second kappa shape index (κ2) is 8.22. The minimum atomic E-state index is -0.402. The van der Waals surface area contributed by atoms with Gasteiger partial charge in [0.1, 0.15) is 11.2 Å². The Morgan fingerprint density at radius 1 is 0.474 bits per heavy atom. The molecule has 38 heavy (non-hydrogen) atoms. The van der Waals surface area contributed by atoms with Gasteiger partial charge in [0.25, 0.3) is 0 Å². The molecule has 8 rings (SSSR count). The molecule has 0 spiro atoms. The predicted molar refractivity (Wildman–Crippen MR) is 159 cm³/mol. The van der Waals surface area contributed by atoms with Crippen LogP contribution in [0.4, 0.5) is 0 Å². The Morgan fingerprint density at radius 2 is 1.05 bits per heavy atom. The first-order valence-electron chi connectivity index (χ1n) is 15.0. The zero-order valence-corrected chi connectivity index (χ0v) is 20.2. The van der Waals surface area contributed by atoms with E-state index in [1.54, 1.807) is 12.1 Å². The monoisotopic (exact) mass is 490 g/mol. The number of hydrogen-bond acceptors (Lipinski definition) is 1. The van der Waals surface area contributed by atoms with Gasteiger partial charge in [-0.05, 0) is 70.8 Å². The van der Waals surface area contributed by atoms with Crippen molar-refractivity contribution < 1.29 is 11.3 Å². The smallest absolute Gasteiger partial charge is 0.135 e. The van der Waals surface area contributed by atoms with Crippen LogP contribution in [0.15, 0.2) is 144 Å². The summed E-state index contributed by atoms with van der Waals surface area (Å²) in [5.41, 5.74) is 7.55. The topological polar surface area (TPSA) is 18.1 Å². The zero-order chi connectivity index (χ0) is 29.4. The number of hydrogen-bond donors (Lipinski definition) is 0. The number of nitrogens with zero attached hydrogens (tertiary/aromatic N) is 1. The van der Waals surface area contributed by atoms with Crippen LogP contribution in [0.2, 0.25) is 0 Å². The highest BCUT2D eigenvalue weighted by molar-refractivity contribution is 6.10. The highest BCUT2D eigenvalue weighted by atomic mass is 16.3. The highest BCUT2D eigenvalue weighted by Crippen LogP contribution is 2.36. The lowest BCUT2D eigenvalue weighted by atomic mass is 10.00. The molecule has 0 aliphatic rings. The standard InChI is InChI=1S/C36H23NO/c1-2-9-24(10-3-1)26-17-19-35-31(22-26)32-23-27(18-20-36(32)38-35)25-11-8-12-28(21-25)37-33-15-6-4-13-29(33)30-14-5-7-16-34(30)37/h1-23H/i1D,2D,3D,9D,10D. The maximum absolute atomic E-state index is 8.44. The van der Waals surface area contributed by atoms with Crippen molar-refractivity contribution in [1.29, 1.82) is 0 Å². The van der Waals surface area contributed by atoms with Crippen LogP contribution in [0.25, 0.3) is 71.7 Å². The second-order valence-corrected chi connectivity index (χ2v) is 9.44. The number of rotatable bonds is 3. The van der Waals surface area contributed by atoms with Crippen molar-refractivity contribution in [2.24, 2.45) is 0 Å². The molecule has 0 N–H and O–H groups in total. The molecule has 0 atom stereocenters. The molecule has 0 unspecified atom stereocenters. The molecule has 2 aromatic heterocycles.